The fraction of sp³-hybridized carbons (Fsp3) is 0.269. The molecule has 7 nitrogen and oxygen atoms in total. The molecule has 0 radical (unpaired) electrons. The number of hydrogen-bond donors (Lipinski definition) is 1. The first-order valence-corrected chi connectivity index (χ1v) is 14.3. The lowest BCUT2D eigenvalue weighted by Gasteiger charge is -2.29. The summed E-state index contributed by atoms with van der Waals surface area (Å²) in [5.41, 5.74) is 2.07. The highest BCUT2D eigenvalue weighted by molar-refractivity contribution is 7.92. The van der Waals surface area contributed by atoms with E-state index in [4.69, 9.17) is 16.3 Å². The quantitative estimate of drug-likeness (QED) is 0.353. The molecule has 1 aromatic heterocycles. The molecule has 0 bridgehead atoms. The Labute approximate surface area is 218 Å². The number of nitrogens with zero attached hydrogens (tertiary/aromatic N) is 2. The summed E-state index contributed by atoms with van der Waals surface area (Å²) in [7, 11) is -1.73. The van der Waals surface area contributed by atoms with Crippen molar-refractivity contribution in [3.63, 3.8) is 0 Å². The third-order valence-electron chi connectivity index (χ3n) is 6.28. The number of hydrogen-bond acceptors (Lipinski definition) is 6. The standard InChI is InChI=1S/C26H26ClN3O4S2/c1-29-14-12-22(13-15-29)34-21-8-6-20(7-9-21)28-36(32,33)23-10-11-24-25(16-23)35-26(31)30(24)17-18-2-4-19(27)5-3-18/h2-11,16,22,28H,12-15,17H2,1H3. The molecule has 10 heteroatoms. The highest BCUT2D eigenvalue weighted by Gasteiger charge is 2.19. The van der Waals surface area contributed by atoms with E-state index in [1.165, 1.54) is 6.07 Å². The third kappa shape index (κ3) is 5.59. The van der Waals surface area contributed by atoms with Gasteiger partial charge in [-0.3, -0.25) is 14.1 Å². The van der Waals surface area contributed by atoms with Gasteiger partial charge in [-0.05, 0) is 80.1 Å². The Morgan fingerprint density at radius 2 is 1.72 bits per heavy atom. The summed E-state index contributed by atoms with van der Waals surface area (Å²) >= 11 is 6.98. The van der Waals surface area contributed by atoms with Crippen molar-refractivity contribution in [2.24, 2.45) is 0 Å². The molecule has 0 amide bonds. The van der Waals surface area contributed by atoms with E-state index < -0.39 is 10.0 Å². The van der Waals surface area contributed by atoms with Gasteiger partial charge in [0.25, 0.3) is 10.0 Å². The fourth-order valence-electron chi connectivity index (χ4n) is 4.25. The smallest absolute Gasteiger partial charge is 0.308 e. The van der Waals surface area contributed by atoms with Crippen molar-refractivity contribution in [1.29, 1.82) is 0 Å². The van der Waals surface area contributed by atoms with Crippen LogP contribution in [-0.2, 0) is 16.6 Å². The Morgan fingerprint density at radius 3 is 2.42 bits per heavy atom. The first-order chi connectivity index (χ1) is 17.3. The molecule has 0 atom stereocenters. The van der Waals surface area contributed by atoms with E-state index in [0.29, 0.717) is 27.5 Å². The summed E-state index contributed by atoms with van der Waals surface area (Å²) in [4.78, 5) is 14.9. The van der Waals surface area contributed by atoms with Gasteiger partial charge < -0.3 is 9.64 Å². The van der Waals surface area contributed by atoms with Crippen LogP contribution in [0.1, 0.15) is 18.4 Å². The van der Waals surface area contributed by atoms with Crippen molar-refractivity contribution in [1.82, 2.24) is 9.47 Å². The molecule has 2 heterocycles. The zero-order valence-corrected chi connectivity index (χ0v) is 22.1. The number of benzene rings is 3. The molecule has 1 N–H and O–H groups in total. The average molecular weight is 544 g/mol. The number of aromatic nitrogens is 1. The van der Waals surface area contributed by atoms with Crippen molar-refractivity contribution in [3.8, 4) is 5.75 Å². The molecule has 1 aliphatic rings. The van der Waals surface area contributed by atoms with Gasteiger partial charge in [0.15, 0.2) is 0 Å². The van der Waals surface area contributed by atoms with Crippen molar-refractivity contribution >= 4 is 48.9 Å². The maximum absolute atomic E-state index is 13.1. The fourth-order valence-corrected chi connectivity index (χ4v) is 6.46. The van der Waals surface area contributed by atoms with Crippen molar-refractivity contribution < 1.29 is 13.2 Å². The van der Waals surface area contributed by atoms with Crippen molar-refractivity contribution in [2.45, 2.75) is 30.4 Å². The van der Waals surface area contributed by atoms with Crippen LogP contribution in [0.5, 0.6) is 5.75 Å². The summed E-state index contributed by atoms with van der Waals surface area (Å²) < 4.78 is 37.0. The molecule has 3 aromatic carbocycles. The largest absolute Gasteiger partial charge is 0.490 e. The monoisotopic (exact) mass is 543 g/mol. The predicted molar refractivity (Wildman–Crippen MR) is 145 cm³/mol. The summed E-state index contributed by atoms with van der Waals surface area (Å²) in [6.07, 6.45) is 2.12. The number of likely N-dealkylation sites (tertiary alicyclic amines) is 1. The molecule has 5 rings (SSSR count). The second-order valence-corrected chi connectivity index (χ2v) is 12.1. The number of piperidine rings is 1. The van der Waals surface area contributed by atoms with E-state index in [9.17, 15) is 13.2 Å². The minimum absolute atomic E-state index is 0.0987. The predicted octanol–water partition coefficient (Wildman–Crippen LogP) is 5.04. The second-order valence-electron chi connectivity index (χ2n) is 8.96. The van der Waals surface area contributed by atoms with Gasteiger partial charge in [-0.15, -0.1) is 0 Å². The van der Waals surface area contributed by atoms with Crippen LogP contribution in [0.3, 0.4) is 0 Å². The minimum atomic E-state index is -3.83. The zero-order chi connectivity index (χ0) is 25.3. The van der Waals surface area contributed by atoms with E-state index in [1.54, 1.807) is 53.1 Å². The Balaban J connectivity index is 1.30. The van der Waals surface area contributed by atoms with E-state index in [-0.39, 0.29) is 15.9 Å². The Bertz CT molecular complexity index is 1520. The Kier molecular flexibility index (Phi) is 7.07. The molecule has 188 valence electrons. The van der Waals surface area contributed by atoms with Gasteiger partial charge in [0.05, 0.1) is 21.7 Å². The van der Waals surface area contributed by atoms with Crippen LogP contribution < -0.4 is 14.3 Å². The molecule has 0 spiro atoms. The molecule has 0 saturated carbocycles. The zero-order valence-electron chi connectivity index (χ0n) is 19.7. The van der Waals surface area contributed by atoms with E-state index in [2.05, 4.69) is 16.7 Å². The van der Waals surface area contributed by atoms with E-state index >= 15 is 0 Å². The molecule has 1 saturated heterocycles. The number of ether oxygens (including phenoxy) is 1. The third-order valence-corrected chi connectivity index (χ3v) is 8.85. The first-order valence-electron chi connectivity index (χ1n) is 11.6. The van der Waals surface area contributed by atoms with Crippen LogP contribution >= 0.6 is 22.9 Å². The van der Waals surface area contributed by atoms with Crippen LogP contribution in [-0.4, -0.2) is 44.1 Å². The molecule has 0 unspecified atom stereocenters. The first kappa shape index (κ1) is 24.8. The average Bonchev–Trinajstić information content (AvgIpc) is 3.17. The van der Waals surface area contributed by atoms with Gasteiger partial charge in [-0.2, -0.15) is 0 Å². The lowest BCUT2D eigenvalue weighted by Crippen LogP contribution is -2.35. The second kappa shape index (κ2) is 10.3. The van der Waals surface area contributed by atoms with Crippen LogP contribution in [0.2, 0.25) is 5.02 Å². The summed E-state index contributed by atoms with van der Waals surface area (Å²) in [5.74, 6) is 0.723. The van der Waals surface area contributed by atoms with E-state index in [0.717, 1.165) is 48.6 Å². The van der Waals surface area contributed by atoms with Gasteiger partial charge in [-0.1, -0.05) is 35.1 Å². The topological polar surface area (TPSA) is 80.6 Å². The van der Waals surface area contributed by atoms with Gasteiger partial charge >= 0.3 is 4.87 Å². The molecular weight excluding hydrogens is 518 g/mol. The summed E-state index contributed by atoms with van der Waals surface area (Å²) in [6.45, 7) is 2.39. The number of nitrogens with one attached hydrogen (secondary N) is 1. The van der Waals surface area contributed by atoms with Crippen molar-refractivity contribution in [3.05, 3.63) is 87.0 Å². The molecular formula is C26H26ClN3O4S2. The van der Waals surface area contributed by atoms with E-state index in [1.807, 2.05) is 12.1 Å². The SMILES string of the molecule is CN1CCC(Oc2ccc(NS(=O)(=O)c3ccc4c(c3)sc(=O)n4Cc3ccc(Cl)cc3)cc2)CC1. The lowest BCUT2D eigenvalue weighted by atomic mass is 10.1. The number of fused-ring (bicyclic) bond motifs is 1. The summed E-state index contributed by atoms with van der Waals surface area (Å²) in [6, 6.07) is 19.0. The van der Waals surface area contributed by atoms with Gasteiger partial charge in [0.1, 0.15) is 11.9 Å². The number of halogens is 1. The van der Waals surface area contributed by atoms with Crippen LogP contribution in [0.25, 0.3) is 10.2 Å². The van der Waals surface area contributed by atoms with Crippen molar-refractivity contribution in [2.75, 3.05) is 24.9 Å². The highest BCUT2D eigenvalue weighted by Crippen LogP contribution is 2.26. The molecule has 4 aromatic rings. The maximum atomic E-state index is 13.1. The summed E-state index contributed by atoms with van der Waals surface area (Å²) in [5, 5.41) is 0.628. The molecule has 1 fully saturated rings. The molecule has 0 aliphatic carbocycles. The number of sulfonamides is 1. The number of thiazole rings is 1. The number of anilines is 1. The van der Waals surface area contributed by atoms with Crippen LogP contribution in [0, 0.1) is 0 Å². The van der Waals surface area contributed by atoms with Crippen LogP contribution in [0.4, 0.5) is 5.69 Å². The Hall–Kier alpha value is -2.85. The Morgan fingerprint density at radius 1 is 1.03 bits per heavy atom. The normalized spacial score (nSPS) is 15.3. The van der Waals surface area contributed by atoms with Gasteiger partial charge in [0.2, 0.25) is 0 Å². The number of rotatable bonds is 7. The minimum Gasteiger partial charge on any atom is -0.490 e. The molecule has 36 heavy (non-hydrogen) atoms. The highest BCUT2D eigenvalue weighted by atomic mass is 35.5. The van der Waals surface area contributed by atoms with Gasteiger partial charge in [0, 0.05) is 23.8 Å². The molecule has 1 aliphatic heterocycles. The lowest BCUT2D eigenvalue weighted by molar-refractivity contribution is 0.114. The maximum Gasteiger partial charge on any atom is 0.308 e. The van der Waals surface area contributed by atoms with Gasteiger partial charge in [-0.25, -0.2) is 8.42 Å². The van der Waals surface area contributed by atoms with Crippen LogP contribution in [0.15, 0.2) is 76.4 Å².